The van der Waals surface area contributed by atoms with Crippen LogP contribution in [0.15, 0.2) is 29.3 Å². The van der Waals surface area contributed by atoms with Gasteiger partial charge in [-0.2, -0.15) is 0 Å². The Bertz CT molecular complexity index is 602. The largest absolute Gasteiger partial charge is 0.370 e. The lowest BCUT2D eigenvalue weighted by atomic mass is 10.0. The Morgan fingerprint density at radius 1 is 1.33 bits per heavy atom. The first-order valence-corrected chi connectivity index (χ1v) is 8.33. The van der Waals surface area contributed by atoms with Gasteiger partial charge < -0.3 is 16.4 Å². The number of carbonyl (C=O) groups is 1. The minimum absolute atomic E-state index is 0.0299. The molecule has 5 heteroatoms. The zero-order valence-electron chi connectivity index (χ0n) is 14.8. The maximum absolute atomic E-state index is 11.9. The molecular formula is C19H28N4O. The SMILES string of the molecule is C#Cc1cccc(NC(=O)CN=C(N)NC(C)CCCC(C)C)c1. The van der Waals surface area contributed by atoms with Gasteiger partial charge in [0.2, 0.25) is 5.91 Å². The average molecular weight is 328 g/mol. The van der Waals surface area contributed by atoms with E-state index in [1.165, 1.54) is 6.42 Å². The summed E-state index contributed by atoms with van der Waals surface area (Å²) in [5.41, 5.74) is 7.19. The van der Waals surface area contributed by atoms with E-state index in [2.05, 4.69) is 42.3 Å². The first-order valence-electron chi connectivity index (χ1n) is 8.33. The Balaban J connectivity index is 2.38. The Morgan fingerprint density at radius 2 is 2.08 bits per heavy atom. The van der Waals surface area contributed by atoms with Crippen molar-refractivity contribution in [2.45, 2.75) is 46.1 Å². The van der Waals surface area contributed by atoms with Crippen molar-refractivity contribution in [1.82, 2.24) is 5.32 Å². The molecule has 1 amide bonds. The van der Waals surface area contributed by atoms with Gasteiger partial charge in [-0.1, -0.05) is 38.7 Å². The van der Waals surface area contributed by atoms with Crippen molar-refractivity contribution in [3.8, 4) is 12.3 Å². The van der Waals surface area contributed by atoms with Gasteiger partial charge in [0.05, 0.1) is 0 Å². The molecule has 0 spiro atoms. The van der Waals surface area contributed by atoms with Crippen LogP contribution in [0.4, 0.5) is 5.69 Å². The summed E-state index contributed by atoms with van der Waals surface area (Å²) in [7, 11) is 0. The van der Waals surface area contributed by atoms with Crippen molar-refractivity contribution in [2.75, 3.05) is 11.9 Å². The fraction of sp³-hybridized carbons (Fsp3) is 0.474. The molecule has 1 aromatic carbocycles. The van der Waals surface area contributed by atoms with Gasteiger partial charge in [-0.25, -0.2) is 4.99 Å². The van der Waals surface area contributed by atoms with E-state index in [1.54, 1.807) is 24.3 Å². The van der Waals surface area contributed by atoms with Crippen LogP contribution in [0.3, 0.4) is 0 Å². The highest BCUT2D eigenvalue weighted by Crippen LogP contribution is 2.09. The third-order valence-corrected chi connectivity index (χ3v) is 3.52. The Morgan fingerprint density at radius 3 is 2.75 bits per heavy atom. The number of nitrogens with two attached hydrogens (primary N) is 1. The monoisotopic (exact) mass is 328 g/mol. The van der Waals surface area contributed by atoms with E-state index in [0.29, 0.717) is 23.1 Å². The number of guanidine groups is 1. The molecule has 0 saturated heterocycles. The molecule has 1 aromatic rings. The molecule has 0 heterocycles. The number of rotatable bonds is 8. The first kappa shape index (κ1) is 19.6. The van der Waals surface area contributed by atoms with Crippen molar-refractivity contribution >= 4 is 17.6 Å². The maximum Gasteiger partial charge on any atom is 0.246 e. The molecule has 0 bridgehead atoms. The summed E-state index contributed by atoms with van der Waals surface area (Å²) in [6.07, 6.45) is 8.70. The summed E-state index contributed by atoms with van der Waals surface area (Å²) < 4.78 is 0. The van der Waals surface area contributed by atoms with E-state index in [9.17, 15) is 4.79 Å². The zero-order chi connectivity index (χ0) is 17.9. The molecule has 24 heavy (non-hydrogen) atoms. The van der Waals surface area contributed by atoms with Crippen LogP contribution in [-0.2, 0) is 4.79 Å². The van der Waals surface area contributed by atoms with Crippen molar-refractivity contribution in [3.63, 3.8) is 0 Å². The molecule has 0 saturated carbocycles. The van der Waals surface area contributed by atoms with E-state index in [4.69, 9.17) is 12.2 Å². The third-order valence-electron chi connectivity index (χ3n) is 3.52. The van der Waals surface area contributed by atoms with Crippen molar-refractivity contribution < 1.29 is 4.79 Å². The minimum atomic E-state index is -0.235. The smallest absolute Gasteiger partial charge is 0.246 e. The van der Waals surface area contributed by atoms with Crippen LogP contribution in [-0.4, -0.2) is 24.5 Å². The highest BCUT2D eigenvalue weighted by Gasteiger charge is 2.05. The summed E-state index contributed by atoms with van der Waals surface area (Å²) in [5.74, 6) is 3.29. The molecule has 0 aliphatic carbocycles. The van der Waals surface area contributed by atoms with Crippen LogP contribution in [0.5, 0.6) is 0 Å². The number of carbonyl (C=O) groups excluding carboxylic acids is 1. The van der Waals surface area contributed by atoms with E-state index in [1.807, 2.05) is 0 Å². The lowest BCUT2D eigenvalue weighted by Crippen LogP contribution is -2.39. The minimum Gasteiger partial charge on any atom is -0.370 e. The van der Waals surface area contributed by atoms with Crippen LogP contribution < -0.4 is 16.4 Å². The summed E-state index contributed by atoms with van der Waals surface area (Å²) in [4.78, 5) is 16.0. The molecule has 4 N–H and O–H groups in total. The summed E-state index contributed by atoms with van der Waals surface area (Å²) >= 11 is 0. The van der Waals surface area contributed by atoms with Gasteiger partial charge in [-0.05, 0) is 37.5 Å². The number of nitrogens with zero attached hydrogens (tertiary/aromatic N) is 1. The van der Waals surface area contributed by atoms with Crippen LogP contribution >= 0.6 is 0 Å². The normalized spacial score (nSPS) is 12.5. The van der Waals surface area contributed by atoms with Crippen LogP contribution in [0.1, 0.15) is 45.6 Å². The van der Waals surface area contributed by atoms with Gasteiger partial charge in [0, 0.05) is 17.3 Å². The topological polar surface area (TPSA) is 79.5 Å². The molecule has 1 rings (SSSR count). The van der Waals surface area contributed by atoms with E-state index >= 15 is 0 Å². The van der Waals surface area contributed by atoms with Gasteiger partial charge in [0.1, 0.15) is 6.54 Å². The highest BCUT2D eigenvalue weighted by atomic mass is 16.1. The van der Waals surface area contributed by atoms with Gasteiger partial charge >= 0.3 is 0 Å². The molecule has 0 aromatic heterocycles. The third kappa shape index (κ3) is 8.23. The number of hydrogen-bond donors (Lipinski definition) is 3. The molecule has 0 aliphatic heterocycles. The average Bonchev–Trinajstić information content (AvgIpc) is 2.52. The number of benzene rings is 1. The summed E-state index contributed by atoms with van der Waals surface area (Å²) in [5, 5.41) is 5.86. The lowest BCUT2D eigenvalue weighted by Gasteiger charge is -2.15. The van der Waals surface area contributed by atoms with E-state index < -0.39 is 0 Å². The van der Waals surface area contributed by atoms with Gasteiger partial charge in [-0.3, -0.25) is 4.79 Å². The number of aliphatic imine (C=N–C) groups is 1. The summed E-state index contributed by atoms with van der Waals surface area (Å²) in [6.45, 7) is 6.46. The fourth-order valence-electron chi connectivity index (χ4n) is 2.25. The number of anilines is 1. The zero-order valence-corrected chi connectivity index (χ0v) is 14.8. The Labute approximate surface area is 145 Å². The van der Waals surface area contributed by atoms with Crippen molar-refractivity contribution in [2.24, 2.45) is 16.6 Å². The lowest BCUT2D eigenvalue weighted by molar-refractivity contribution is -0.114. The Hall–Kier alpha value is -2.48. The highest BCUT2D eigenvalue weighted by molar-refractivity contribution is 5.94. The van der Waals surface area contributed by atoms with Crippen LogP contribution in [0, 0.1) is 18.3 Å². The molecule has 130 valence electrons. The molecule has 0 radical (unpaired) electrons. The number of terminal acetylenes is 1. The van der Waals surface area contributed by atoms with Gasteiger partial charge in [0.15, 0.2) is 5.96 Å². The first-order chi connectivity index (χ1) is 11.4. The van der Waals surface area contributed by atoms with Gasteiger partial charge in [-0.15, -0.1) is 6.42 Å². The number of amides is 1. The maximum atomic E-state index is 11.9. The summed E-state index contributed by atoms with van der Waals surface area (Å²) in [6, 6.07) is 7.35. The molecular weight excluding hydrogens is 300 g/mol. The molecule has 0 aliphatic rings. The molecule has 0 fully saturated rings. The van der Waals surface area contributed by atoms with Crippen molar-refractivity contribution in [1.29, 1.82) is 0 Å². The van der Waals surface area contributed by atoms with Crippen LogP contribution in [0.25, 0.3) is 0 Å². The Kier molecular flexibility index (Phi) is 8.42. The second-order valence-electron chi connectivity index (χ2n) is 6.34. The second kappa shape index (κ2) is 10.3. The second-order valence-corrected chi connectivity index (χ2v) is 6.34. The fourth-order valence-corrected chi connectivity index (χ4v) is 2.25. The number of hydrogen-bond acceptors (Lipinski definition) is 2. The predicted octanol–water partition coefficient (Wildman–Crippen LogP) is 2.73. The van der Waals surface area contributed by atoms with Crippen LogP contribution in [0.2, 0.25) is 0 Å². The molecule has 1 atom stereocenters. The molecule has 1 unspecified atom stereocenters. The van der Waals surface area contributed by atoms with E-state index in [-0.39, 0.29) is 18.5 Å². The van der Waals surface area contributed by atoms with Gasteiger partial charge in [0.25, 0.3) is 0 Å². The van der Waals surface area contributed by atoms with Crippen molar-refractivity contribution in [3.05, 3.63) is 29.8 Å². The standard InChI is InChI=1S/C19H28N4O/c1-5-16-10-7-11-17(12-16)23-18(24)13-21-19(20)22-15(4)9-6-8-14(2)3/h1,7,10-12,14-15H,6,8-9,13H2,2-4H3,(H,23,24)(H3,20,21,22). The number of nitrogens with one attached hydrogen (secondary N) is 2. The molecule has 5 nitrogen and oxygen atoms in total. The van der Waals surface area contributed by atoms with E-state index in [0.717, 1.165) is 12.8 Å². The predicted molar refractivity (Wildman–Crippen MR) is 101 cm³/mol. The quantitative estimate of drug-likeness (QED) is 0.390.